The van der Waals surface area contributed by atoms with Crippen LogP contribution in [-0.4, -0.2) is 82.3 Å². The minimum absolute atomic E-state index is 0.00857. The number of hydrogen-bond acceptors (Lipinski definition) is 12. The van der Waals surface area contributed by atoms with Crippen molar-refractivity contribution in [2.45, 2.75) is 274 Å². The molecule has 0 aromatic carbocycles. The minimum atomic E-state index is -0.555. The summed E-state index contributed by atoms with van der Waals surface area (Å²) >= 11 is 0. The Morgan fingerprint density at radius 1 is 0.609 bits per heavy atom. The second-order valence-corrected chi connectivity index (χ2v) is 35.4. The lowest BCUT2D eigenvalue weighted by atomic mass is 9.46. The number of fused-ring (bicyclic) bond motifs is 12. The third-order valence-electron chi connectivity index (χ3n) is 29.2. The Kier molecular flexibility index (Phi) is 18.4. The Labute approximate surface area is 525 Å². The molecule has 12 nitrogen and oxygen atoms in total. The molecule has 12 heteroatoms. The maximum atomic E-state index is 12.6. The summed E-state index contributed by atoms with van der Waals surface area (Å²) in [6, 6.07) is 0. The molecule has 492 valence electrons. The molecular formula is C75H120O12. The van der Waals surface area contributed by atoms with Crippen molar-refractivity contribution in [2.24, 2.45) is 152 Å². The van der Waals surface area contributed by atoms with Crippen LogP contribution >= 0.6 is 0 Å². The molecule has 22 atom stereocenters. The molecule has 16 aliphatic carbocycles. The van der Waals surface area contributed by atoms with E-state index in [-0.39, 0.29) is 95.1 Å². The van der Waals surface area contributed by atoms with Gasteiger partial charge in [-0.05, 0) is 283 Å². The van der Waals surface area contributed by atoms with Crippen LogP contribution in [0.3, 0.4) is 0 Å². The van der Waals surface area contributed by atoms with Crippen molar-refractivity contribution in [3.05, 3.63) is 0 Å². The maximum absolute atomic E-state index is 12.6. The summed E-state index contributed by atoms with van der Waals surface area (Å²) in [5, 5.41) is 19.3. The lowest BCUT2D eigenvalue weighted by molar-refractivity contribution is -0.225. The average molecular weight is 1210 g/mol. The summed E-state index contributed by atoms with van der Waals surface area (Å²) in [4.78, 5) is 60.0. The van der Waals surface area contributed by atoms with E-state index in [2.05, 4.69) is 55.4 Å². The smallest absolute Gasteiger partial charge is 0.312 e. The van der Waals surface area contributed by atoms with Gasteiger partial charge in [0.25, 0.3) is 0 Å². The molecule has 2 N–H and O–H groups in total. The monoisotopic (exact) mass is 1210 g/mol. The molecule has 17 fully saturated rings. The molecule has 1 aliphatic heterocycles. The molecule has 22 unspecified atom stereocenters. The molecule has 0 aromatic heterocycles. The molecule has 87 heavy (non-hydrogen) atoms. The summed E-state index contributed by atoms with van der Waals surface area (Å²) in [7, 11) is 0. The largest absolute Gasteiger partial charge is 0.463 e. The normalized spacial score (nSPS) is 47.1. The summed E-state index contributed by atoms with van der Waals surface area (Å²) in [5.74, 6) is 16.9. The van der Waals surface area contributed by atoms with Gasteiger partial charge in [-0.2, -0.15) is 0 Å². The van der Waals surface area contributed by atoms with Crippen molar-refractivity contribution >= 4 is 29.8 Å². The van der Waals surface area contributed by atoms with Gasteiger partial charge in [-0.25, -0.2) is 0 Å². The molecule has 17 aliphatic rings. The predicted octanol–water partition coefficient (Wildman–Crippen LogP) is 14.8. The Morgan fingerprint density at radius 2 is 1.16 bits per heavy atom. The van der Waals surface area contributed by atoms with E-state index in [4.69, 9.17) is 28.8 Å². The van der Waals surface area contributed by atoms with Gasteiger partial charge in [-0.3, -0.25) is 24.0 Å². The first-order valence-corrected chi connectivity index (χ1v) is 36.3. The number of aliphatic hydroxyl groups excluding tert-OH is 1. The molecule has 0 spiro atoms. The second kappa shape index (κ2) is 24.3. The predicted molar refractivity (Wildman–Crippen MR) is 335 cm³/mol. The quantitative estimate of drug-likeness (QED) is 0.102. The van der Waals surface area contributed by atoms with Crippen LogP contribution < -0.4 is 0 Å². The fraction of sp³-hybridized carbons (Fsp3) is 0.933. The molecule has 0 amide bonds. The summed E-state index contributed by atoms with van der Waals surface area (Å²) in [6.45, 7) is 32.5. The summed E-state index contributed by atoms with van der Waals surface area (Å²) in [5.41, 5.74) is -1.75. The van der Waals surface area contributed by atoms with Crippen molar-refractivity contribution in [1.82, 2.24) is 0 Å². The Balaban J connectivity index is 0.000000113. The van der Waals surface area contributed by atoms with E-state index in [9.17, 15) is 29.1 Å². The van der Waals surface area contributed by atoms with Gasteiger partial charge in [-0.15, -0.1) is 0 Å². The third-order valence-corrected chi connectivity index (χ3v) is 29.2. The van der Waals surface area contributed by atoms with Crippen molar-refractivity contribution in [3.8, 4) is 0 Å². The van der Waals surface area contributed by atoms with Crippen molar-refractivity contribution in [2.75, 3.05) is 13.2 Å². The van der Waals surface area contributed by atoms with Crippen molar-refractivity contribution in [3.63, 3.8) is 0 Å². The van der Waals surface area contributed by atoms with Gasteiger partial charge in [-0.1, -0.05) is 62.3 Å². The van der Waals surface area contributed by atoms with Crippen LogP contribution in [0.25, 0.3) is 0 Å². The Hall–Kier alpha value is -2.73. The number of rotatable bonds is 13. The van der Waals surface area contributed by atoms with E-state index in [0.717, 1.165) is 135 Å². The highest BCUT2D eigenvalue weighted by Crippen LogP contribution is 2.72. The van der Waals surface area contributed by atoms with Gasteiger partial charge in [0, 0.05) is 23.7 Å². The van der Waals surface area contributed by atoms with Gasteiger partial charge in [0.05, 0.1) is 40.8 Å². The standard InChI is InChI=1S/C19H32O2.C16H26O3.C15H24.C13H18O4.C12H20O3/c1-6-17(2,3)16(20)21-18(4,5)19-10-13-7-14(11-19)9-15(8-13)12-19;1-4-14(2,3)13(17)19-16-8-11-5-12(9-16)7-15(18,6-11)10-16;1-7-4-10-5-11(7)15-13-6-12(14(10)15)8(2)9(13)3;1-3-6(2)12(14)16-10-7-4-8-9(5-7)13(15)17-11(8)10;1-7-8(2)10-5-9(7)6-11(10)12(14)15-4-3-13/h13-15H,6-12H2,1-5H3;11-12,18H,4-10H2,1-3H3;7-15H,4-6H2,1-3H3;6-11H,3-5H2,1-2H3;7-11,13H,3-6H2,1-2H3. The van der Waals surface area contributed by atoms with Crippen LogP contribution in [0.2, 0.25) is 0 Å². The first-order chi connectivity index (χ1) is 40.9. The minimum Gasteiger partial charge on any atom is -0.463 e. The summed E-state index contributed by atoms with van der Waals surface area (Å²) in [6.07, 6.45) is 24.7. The Morgan fingerprint density at radius 3 is 1.71 bits per heavy atom. The Bertz CT molecular complexity index is 2480. The molecule has 17 rings (SSSR count). The van der Waals surface area contributed by atoms with E-state index >= 15 is 0 Å². The molecule has 0 radical (unpaired) electrons. The van der Waals surface area contributed by atoms with Crippen LogP contribution in [0.5, 0.6) is 0 Å². The molecule has 1 heterocycles. The number of carbonyl (C=O) groups is 5. The SMILES string of the molecule is CC1C2CC(C(=O)OCCO)C(C2)C1C.CC1CC2CC1C1C3CC(C(C)C3C)C21.CCC(C)(C)C(=O)OC(C)(C)C12CC3CC(CC(C3)C1)C2.CCC(C)(C)C(=O)OC12CC3CC(CC(O)(C3)C1)C2.CCC(C)C(=O)OC1C2CC3C(=O)OC1C3C2. The van der Waals surface area contributed by atoms with E-state index in [0.29, 0.717) is 41.9 Å². The lowest BCUT2D eigenvalue weighted by Gasteiger charge is -2.61. The zero-order valence-corrected chi connectivity index (χ0v) is 56.9. The second-order valence-electron chi connectivity index (χ2n) is 35.4. The highest BCUT2D eigenvalue weighted by molar-refractivity contribution is 5.78. The fourth-order valence-electron chi connectivity index (χ4n) is 23.7. The van der Waals surface area contributed by atoms with Crippen LogP contribution in [0.4, 0.5) is 0 Å². The molecule has 0 aromatic rings. The van der Waals surface area contributed by atoms with Crippen molar-refractivity contribution < 1.29 is 57.9 Å². The lowest BCUT2D eigenvalue weighted by Crippen LogP contribution is -2.61. The van der Waals surface area contributed by atoms with Gasteiger partial charge < -0.3 is 33.9 Å². The number of ether oxygens (including phenoxy) is 5. The molecule has 16 saturated carbocycles. The van der Waals surface area contributed by atoms with Crippen LogP contribution in [0.15, 0.2) is 0 Å². The average Bonchev–Trinajstić information content (AvgIpc) is 1.73. The fourth-order valence-corrected chi connectivity index (χ4v) is 23.7. The number of carbonyl (C=O) groups excluding carboxylic acids is 5. The molecule has 16 bridgehead atoms. The van der Waals surface area contributed by atoms with E-state index in [1.54, 1.807) is 19.3 Å². The van der Waals surface area contributed by atoms with Gasteiger partial charge in [0.2, 0.25) is 0 Å². The van der Waals surface area contributed by atoms with Gasteiger partial charge in [0.15, 0.2) is 0 Å². The number of aliphatic hydroxyl groups is 2. The topological polar surface area (TPSA) is 172 Å². The zero-order chi connectivity index (χ0) is 62.8. The number of hydrogen-bond donors (Lipinski definition) is 2. The molecular weight excluding hydrogens is 1090 g/mol. The first-order valence-electron chi connectivity index (χ1n) is 36.3. The highest BCUT2D eigenvalue weighted by atomic mass is 16.6. The number of esters is 5. The van der Waals surface area contributed by atoms with E-state index < -0.39 is 11.0 Å². The molecule has 1 saturated heterocycles. The van der Waals surface area contributed by atoms with Gasteiger partial charge in [0.1, 0.15) is 30.0 Å². The van der Waals surface area contributed by atoms with Crippen molar-refractivity contribution in [1.29, 1.82) is 0 Å². The maximum Gasteiger partial charge on any atom is 0.312 e. The first kappa shape index (κ1) is 65.8. The third kappa shape index (κ3) is 12.1. The van der Waals surface area contributed by atoms with Crippen LogP contribution in [0.1, 0.15) is 245 Å². The highest BCUT2D eigenvalue weighted by Gasteiger charge is 2.67. The van der Waals surface area contributed by atoms with Crippen LogP contribution in [-0.2, 0) is 47.7 Å². The summed E-state index contributed by atoms with van der Waals surface area (Å²) < 4.78 is 28.0. The van der Waals surface area contributed by atoms with Gasteiger partial charge >= 0.3 is 29.8 Å². The van der Waals surface area contributed by atoms with E-state index in [1.165, 1.54) is 63.2 Å². The van der Waals surface area contributed by atoms with E-state index in [1.807, 2.05) is 48.5 Å². The van der Waals surface area contributed by atoms with Crippen LogP contribution in [0, 0.1) is 152 Å². The zero-order valence-electron chi connectivity index (χ0n) is 56.9.